The van der Waals surface area contributed by atoms with Crippen molar-refractivity contribution in [2.45, 2.75) is 6.61 Å². The van der Waals surface area contributed by atoms with E-state index in [0.29, 0.717) is 0 Å². The number of rotatable bonds is 3. The molecule has 0 aliphatic carbocycles. The van der Waals surface area contributed by atoms with Gasteiger partial charge in [-0.25, -0.2) is 4.79 Å². The maximum Gasteiger partial charge on any atom is 0.371 e. The number of esters is 1. The molecule has 1 aromatic carbocycles. The highest BCUT2D eigenvalue weighted by Gasteiger charge is 1.98. The largest absolute Gasteiger partial charge is 0.455 e. The highest BCUT2D eigenvalue weighted by atomic mass is 16.5. The lowest BCUT2D eigenvalue weighted by atomic mass is 10.2. The van der Waals surface area contributed by atoms with Crippen molar-refractivity contribution in [3.05, 3.63) is 35.9 Å². The highest BCUT2D eigenvalue weighted by Crippen LogP contribution is 1.99. The molecule has 4 heteroatoms. The molecule has 0 saturated carbocycles. The Morgan fingerprint density at radius 2 is 1.92 bits per heavy atom. The van der Waals surface area contributed by atoms with Crippen molar-refractivity contribution in [2.24, 2.45) is 0 Å². The van der Waals surface area contributed by atoms with E-state index >= 15 is 0 Å². The number of hydrogen-bond donors (Lipinski definition) is 0. The van der Waals surface area contributed by atoms with Crippen LogP contribution < -0.4 is 0 Å². The highest BCUT2D eigenvalue weighted by molar-refractivity contribution is 6.20. The summed E-state index contributed by atoms with van der Waals surface area (Å²) < 4.78 is 4.57. The van der Waals surface area contributed by atoms with Crippen LogP contribution in [0.4, 0.5) is 0 Å². The average Bonchev–Trinajstić information content (AvgIpc) is 2.16. The maximum absolute atomic E-state index is 10.4. The van der Waals surface area contributed by atoms with Crippen LogP contribution in [0.15, 0.2) is 30.3 Å². The van der Waals surface area contributed by atoms with Crippen LogP contribution in [0.1, 0.15) is 5.56 Å². The van der Waals surface area contributed by atoms with Crippen LogP contribution in [-0.4, -0.2) is 17.7 Å². The van der Waals surface area contributed by atoms with E-state index in [1.54, 1.807) is 0 Å². The number of ether oxygens (including phenoxy) is 1. The second kappa shape index (κ2) is 5.91. The van der Waals surface area contributed by atoms with E-state index < -0.39 is 5.97 Å². The average molecular weight is 182 g/mol. The number of aldehydes is 1. The summed E-state index contributed by atoms with van der Waals surface area (Å²) in [4.78, 5) is 20.2. The van der Waals surface area contributed by atoms with Crippen LogP contribution in [0, 0.1) is 0 Å². The minimum absolute atomic E-state index is 0. The molecule has 0 bridgehead atoms. The van der Waals surface area contributed by atoms with Gasteiger partial charge in [0.15, 0.2) is 0 Å². The topological polar surface area (TPSA) is 74.9 Å². The third kappa shape index (κ3) is 4.03. The van der Waals surface area contributed by atoms with Gasteiger partial charge in [0.1, 0.15) is 6.61 Å². The molecular weight excluding hydrogens is 172 g/mol. The Balaban J connectivity index is 0.00000144. The Morgan fingerprint density at radius 3 is 2.46 bits per heavy atom. The molecular formula is C9H10O4. The van der Waals surface area contributed by atoms with Crippen molar-refractivity contribution in [1.29, 1.82) is 0 Å². The van der Waals surface area contributed by atoms with E-state index in [4.69, 9.17) is 0 Å². The summed E-state index contributed by atoms with van der Waals surface area (Å²) in [5.74, 6) is -0.834. The van der Waals surface area contributed by atoms with Crippen LogP contribution in [0.2, 0.25) is 0 Å². The summed E-state index contributed by atoms with van der Waals surface area (Å²) in [5, 5.41) is 0. The molecule has 0 aromatic heterocycles. The van der Waals surface area contributed by atoms with E-state index in [9.17, 15) is 9.59 Å². The fourth-order valence-electron chi connectivity index (χ4n) is 0.763. The Morgan fingerprint density at radius 1 is 1.31 bits per heavy atom. The van der Waals surface area contributed by atoms with Crippen LogP contribution >= 0.6 is 0 Å². The zero-order chi connectivity index (χ0) is 8.81. The molecule has 4 nitrogen and oxygen atoms in total. The first-order chi connectivity index (χ1) is 5.83. The Kier molecular flexibility index (Phi) is 5.14. The van der Waals surface area contributed by atoms with Crippen molar-refractivity contribution in [3.8, 4) is 0 Å². The van der Waals surface area contributed by atoms with Gasteiger partial charge in [0, 0.05) is 0 Å². The van der Waals surface area contributed by atoms with E-state index in [2.05, 4.69) is 4.74 Å². The fraction of sp³-hybridized carbons (Fsp3) is 0.111. The number of hydrogen-bond acceptors (Lipinski definition) is 3. The summed E-state index contributed by atoms with van der Waals surface area (Å²) in [6.45, 7) is 0.151. The number of carbonyl (C=O) groups excluding carboxylic acids is 2. The Labute approximate surface area is 75.4 Å². The summed E-state index contributed by atoms with van der Waals surface area (Å²) in [7, 11) is 0. The zero-order valence-corrected chi connectivity index (χ0v) is 6.90. The molecule has 0 radical (unpaired) electrons. The second-order valence-corrected chi connectivity index (χ2v) is 2.21. The number of benzene rings is 1. The third-order valence-electron chi connectivity index (χ3n) is 1.32. The van der Waals surface area contributed by atoms with Gasteiger partial charge >= 0.3 is 5.97 Å². The van der Waals surface area contributed by atoms with Gasteiger partial charge < -0.3 is 10.2 Å². The van der Waals surface area contributed by atoms with Crippen molar-refractivity contribution < 1.29 is 19.8 Å². The molecule has 0 atom stereocenters. The smallest absolute Gasteiger partial charge is 0.371 e. The molecule has 0 unspecified atom stereocenters. The minimum Gasteiger partial charge on any atom is -0.455 e. The summed E-state index contributed by atoms with van der Waals surface area (Å²) in [5.41, 5.74) is 0.868. The van der Waals surface area contributed by atoms with Gasteiger partial charge in [-0.1, -0.05) is 30.3 Å². The first-order valence-electron chi connectivity index (χ1n) is 3.49. The summed E-state index contributed by atoms with van der Waals surface area (Å²) >= 11 is 0. The van der Waals surface area contributed by atoms with Crippen molar-refractivity contribution in [2.75, 3.05) is 0 Å². The molecule has 1 aromatic rings. The van der Waals surface area contributed by atoms with Gasteiger partial charge in [-0.3, -0.25) is 4.79 Å². The van der Waals surface area contributed by atoms with Gasteiger partial charge in [-0.05, 0) is 5.56 Å². The van der Waals surface area contributed by atoms with Gasteiger partial charge in [0.2, 0.25) is 6.29 Å². The Hall–Kier alpha value is -1.68. The van der Waals surface area contributed by atoms with Crippen molar-refractivity contribution in [3.63, 3.8) is 0 Å². The van der Waals surface area contributed by atoms with Crippen LogP contribution in [0.5, 0.6) is 0 Å². The first kappa shape index (κ1) is 11.3. The molecule has 0 aliphatic heterocycles. The van der Waals surface area contributed by atoms with Gasteiger partial charge in [0.25, 0.3) is 0 Å². The lowest BCUT2D eigenvalue weighted by molar-refractivity contribution is -0.149. The molecule has 0 amide bonds. The predicted octanol–water partition coefficient (Wildman–Crippen LogP) is 0.104. The molecule has 0 aliphatic rings. The van der Waals surface area contributed by atoms with Crippen LogP contribution in [0.25, 0.3) is 0 Å². The standard InChI is InChI=1S/C9H8O3.H2O/c10-6-9(11)12-7-8-4-2-1-3-5-8;/h1-6H,7H2;1H2. The molecule has 13 heavy (non-hydrogen) atoms. The predicted molar refractivity (Wildman–Crippen MR) is 45.9 cm³/mol. The van der Waals surface area contributed by atoms with E-state index in [-0.39, 0.29) is 18.4 Å². The molecule has 0 saturated heterocycles. The second-order valence-electron chi connectivity index (χ2n) is 2.21. The summed E-state index contributed by atoms with van der Waals surface area (Å²) in [6.07, 6.45) is 0.156. The molecule has 1 rings (SSSR count). The fourth-order valence-corrected chi connectivity index (χ4v) is 0.763. The first-order valence-corrected chi connectivity index (χ1v) is 3.49. The van der Waals surface area contributed by atoms with Gasteiger partial charge in [-0.2, -0.15) is 0 Å². The van der Waals surface area contributed by atoms with E-state index in [1.807, 2.05) is 30.3 Å². The monoisotopic (exact) mass is 182 g/mol. The number of carbonyl (C=O) groups is 2. The lowest BCUT2D eigenvalue weighted by Crippen LogP contribution is -2.04. The van der Waals surface area contributed by atoms with Gasteiger partial charge in [0.05, 0.1) is 0 Å². The molecule has 70 valence electrons. The van der Waals surface area contributed by atoms with Gasteiger partial charge in [-0.15, -0.1) is 0 Å². The van der Waals surface area contributed by atoms with Crippen LogP contribution in [-0.2, 0) is 20.9 Å². The third-order valence-corrected chi connectivity index (χ3v) is 1.32. The van der Waals surface area contributed by atoms with E-state index in [1.165, 1.54) is 0 Å². The zero-order valence-electron chi connectivity index (χ0n) is 6.90. The minimum atomic E-state index is -0.834. The normalized spacial score (nSPS) is 8.31. The quantitative estimate of drug-likeness (QED) is 0.378. The van der Waals surface area contributed by atoms with Crippen molar-refractivity contribution in [1.82, 2.24) is 0 Å². The molecule has 0 heterocycles. The van der Waals surface area contributed by atoms with Crippen molar-refractivity contribution >= 4 is 12.3 Å². The van der Waals surface area contributed by atoms with E-state index in [0.717, 1.165) is 5.56 Å². The lowest BCUT2D eigenvalue weighted by Gasteiger charge is -1.99. The SMILES string of the molecule is O.O=CC(=O)OCc1ccccc1. The Bertz CT molecular complexity index is 268. The molecule has 0 spiro atoms. The molecule has 2 N–H and O–H groups in total. The van der Waals surface area contributed by atoms with Crippen LogP contribution in [0.3, 0.4) is 0 Å². The molecule has 0 fully saturated rings. The maximum atomic E-state index is 10.4. The summed E-state index contributed by atoms with van der Waals surface area (Å²) in [6, 6.07) is 9.18.